The number of ether oxygens (including phenoxy) is 2. The van der Waals surface area contributed by atoms with E-state index in [1.54, 1.807) is 37.5 Å². The Hall–Kier alpha value is -3.18. The van der Waals surface area contributed by atoms with Gasteiger partial charge in [0, 0.05) is 23.9 Å². The summed E-state index contributed by atoms with van der Waals surface area (Å²) in [6.07, 6.45) is 3.43. The first-order valence-corrected chi connectivity index (χ1v) is 9.16. The lowest BCUT2D eigenvalue weighted by molar-refractivity contribution is 0.104. The molecule has 0 saturated heterocycles. The van der Waals surface area contributed by atoms with Crippen LogP contribution in [0.3, 0.4) is 0 Å². The van der Waals surface area contributed by atoms with Crippen LogP contribution >= 0.6 is 0 Å². The molecule has 0 saturated carbocycles. The lowest BCUT2D eigenvalue weighted by atomic mass is 10.1. The highest BCUT2D eigenvalue weighted by Gasteiger charge is 2.11. The molecule has 0 aliphatic carbocycles. The number of methoxy groups -OCH3 is 1. The zero-order valence-electron chi connectivity index (χ0n) is 16.4. The molecule has 1 heterocycles. The van der Waals surface area contributed by atoms with Gasteiger partial charge in [0.05, 0.1) is 18.0 Å². The average molecular weight is 376 g/mol. The summed E-state index contributed by atoms with van der Waals surface area (Å²) in [6, 6.07) is 17.1. The molecule has 0 atom stereocenters. The number of carbonyl (C=O) groups excluding carboxylic acids is 1. The SMILES string of the molecule is COCCOc1ccc(C(=O)/C=C/c2c(C)nn(-c3ccccc3)c2C)cc1. The first kappa shape index (κ1) is 19.6. The quantitative estimate of drug-likeness (QED) is 0.332. The smallest absolute Gasteiger partial charge is 0.185 e. The third kappa shape index (κ3) is 4.56. The zero-order valence-corrected chi connectivity index (χ0v) is 16.4. The van der Waals surface area contributed by atoms with Gasteiger partial charge in [0.1, 0.15) is 12.4 Å². The summed E-state index contributed by atoms with van der Waals surface area (Å²) in [5.41, 5.74) is 4.44. The zero-order chi connectivity index (χ0) is 19.9. The molecule has 0 unspecified atom stereocenters. The van der Waals surface area contributed by atoms with Crippen LogP contribution in [0.2, 0.25) is 0 Å². The number of hydrogen-bond acceptors (Lipinski definition) is 4. The lowest BCUT2D eigenvalue weighted by Crippen LogP contribution is -2.04. The van der Waals surface area contributed by atoms with Crippen molar-refractivity contribution >= 4 is 11.9 Å². The van der Waals surface area contributed by atoms with Crippen LogP contribution in [0.15, 0.2) is 60.7 Å². The molecule has 144 valence electrons. The minimum absolute atomic E-state index is 0.0605. The summed E-state index contributed by atoms with van der Waals surface area (Å²) in [5, 5.41) is 4.61. The highest BCUT2D eigenvalue weighted by atomic mass is 16.5. The molecule has 5 heteroatoms. The summed E-state index contributed by atoms with van der Waals surface area (Å²) >= 11 is 0. The Morgan fingerprint density at radius 2 is 1.75 bits per heavy atom. The van der Waals surface area contributed by atoms with Crippen molar-refractivity contribution in [2.24, 2.45) is 0 Å². The fraction of sp³-hybridized carbons (Fsp3) is 0.217. The van der Waals surface area contributed by atoms with Gasteiger partial charge in [-0.15, -0.1) is 0 Å². The molecule has 2 aromatic carbocycles. The second-order valence-electron chi connectivity index (χ2n) is 6.40. The molecule has 1 aromatic heterocycles. The van der Waals surface area contributed by atoms with Gasteiger partial charge in [-0.25, -0.2) is 4.68 Å². The van der Waals surface area contributed by atoms with E-state index < -0.39 is 0 Å². The molecule has 0 bridgehead atoms. The molecule has 0 N–H and O–H groups in total. The third-order valence-electron chi connectivity index (χ3n) is 4.44. The molecule has 0 radical (unpaired) electrons. The van der Waals surface area contributed by atoms with E-state index in [9.17, 15) is 4.79 Å². The molecule has 0 spiro atoms. The van der Waals surface area contributed by atoms with Crippen LogP contribution in [0.5, 0.6) is 5.75 Å². The predicted molar refractivity (Wildman–Crippen MR) is 110 cm³/mol. The molecule has 0 amide bonds. The fourth-order valence-electron chi connectivity index (χ4n) is 2.93. The van der Waals surface area contributed by atoms with Crippen LogP contribution in [0.1, 0.15) is 27.3 Å². The van der Waals surface area contributed by atoms with E-state index >= 15 is 0 Å². The van der Waals surface area contributed by atoms with Gasteiger partial charge in [-0.3, -0.25) is 4.79 Å². The van der Waals surface area contributed by atoms with E-state index in [2.05, 4.69) is 5.10 Å². The predicted octanol–water partition coefficient (Wildman–Crippen LogP) is 4.41. The Labute approximate surface area is 165 Å². The molecule has 3 rings (SSSR count). The summed E-state index contributed by atoms with van der Waals surface area (Å²) in [5.74, 6) is 0.656. The van der Waals surface area contributed by atoms with Gasteiger partial charge in [-0.05, 0) is 62.4 Å². The highest BCUT2D eigenvalue weighted by molar-refractivity contribution is 6.07. The van der Waals surface area contributed by atoms with E-state index in [4.69, 9.17) is 9.47 Å². The van der Waals surface area contributed by atoms with Gasteiger partial charge in [0.15, 0.2) is 5.78 Å². The first-order valence-electron chi connectivity index (χ1n) is 9.16. The summed E-state index contributed by atoms with van der Waals surface area (Å²) in [7, 11) is 1.63. The van der Waals surface area contributed by atoms with Crippen LogP contribution in [0.25, 0.3) is 11.8 Å². The molecule has 5 nitrogen and oxygen atoms in total. The van der Waals surface area contributed by atoms with E-state index in [0.717, 1.165) is 22.6 Å². The molecule has 0 fully saturated rings. The van der Waals surface area contributed by atoms with Gasteiger partial charge < -0.3 is 9.47 Å². The number of allylic oxidation sites excluding steroid dienone is 1. The van der Waals surface area contributed by atoms with Gasteiger partial charge in [0.25, 0.3) is 0 Å². The summed E-state index contributed by atoms with van der Waals surface area (Å²) in [6.45, 7) is 4.96. The van der Waals surface area contributed by atoms with Crippen molar-refractivity contribution < 1.29 is 14.3 Å². The van der Waals surface area contributed by atoms with Gasteiger partial charge >= 0.3 is 0 Å². The molecule has 28 heavy (non-hydrogen) atoms. The number of ketones is 1. The Kier molecular flexibility index (Phi) is 6.40. The molecule has 0 aliphatic rings. The van der Waals surface area contributed by atoms with E-state index in [1.165, 1.54) is 0 Å². The number of hydrogen-bond donors (Lipinski definition) is 0. The van der Waals surface area contributed by atoms with E-state index in [-0.39, 0.29) is 5.78 Å². The maximum Gasteiger partial charge on any atom is 0.185 e. The largest absolute Gasteiger partial charge is 0.491 e. The van der Waals surface area contributed by atoms with Crippen molar-refractivity contribution in [2.75, 3.05) is 20.3 Å². The first-order chi connectivity index (χ1) is 13.6. The van der Waals surface area contributed by atoms with Crippen molar-refractivity contribution in [1.29, 1.82) is 0 Å². The topological polar surface area (TPSA) is 53.4 Å². The molecule has 0 aliphatic heterocycles. The lowest BCUT2D eigenvalue weighted by Gasteiger charge is -2.05. The van der Waals surface area contributed by atoms with Crippen molar-refractivity contribution in [3.05, 3.63) is 83.2 Å². The average Bonchev–Trinajstić information content (AvgIpc) is 3.01. The number of para-hydroxylation sites is 1. The van der Waals surface area contributed by atoms with Crippen LogP contribution < -0.4 is 4.74 Å². The maximum absolute atomic E-state index is 12.5. The van der Waals surface area contributed by atoms with Crippen molar-refractivity contribution in [2.45, 2.75) is 13.8 Å². The Bertz CT molecular complexity index is 958. The number of aromatic nitrogens is 2. The Morgan fingerprint density at radius 1 is 1.04 bits per heavy atom. The molecule has 3 aromatic rings. The Balaban J connectivity index is 1.73. The number of carbonyl (C=O) groups is 1. The number of rotatable bonds is 8. The van der Waals surface area contributed by atoms with Crippen LogP contribution in [0.4, 0.5) is 0 Å². The second-order valence-corrected chi connectivity index (χ2v) is 6.40. The molecular weight excluding hydrogens is 352 g/mol. The van der Waals surface area contributed by atoms with E-state index in [1.807, 2.05) is 54.9 Å². The standard InChI is InChI=1S/C23H24N2O3/c1-17-22(18(2)25(24-17)20-7-5-4-6-8-20)13-14-23(26)19-9-11-21(12-10-19)28-16-15-27-3/h4-14H,15-16H2,1-3H3/b14-13+. The molecular formula is C23H24N2O3. The monoisotopic (exact) mass is 376 g/mol. The van der Waals surface area contributed by atoms with Crippen LogP contribution in [-0.4, -0.2) is 35.9 Å². The normalized spacial score (nSPS) is 11.1. The van der Waals surface area contributed by atoms with Crippen LogP contribution in [0, 0.1) is 13.8 Å². The van der Waals surface area contributed by atoms with Crippen molar-refractivity contribution in [3.63, 3.8) is 0 Å². The maximum atomic E-state index is 12.5. The van der Waals surface area contributed by atoms with Crippen molar-refractivity contribution in [1.82, 2.24) is 9.78 Å². The van der Waals surface area contributed by atoms with Gasteiger partial charge in [-0.2, -0.15) is 5.10 Å². The Morgan fingerprint density at radius 3 is 2.43 bits per heavy atom. The van der Waals surface area contributed by atoms with Crippen molar-refractivity contribution in [3.8, 4) is 11.4 Å². The minimum atomic E-state index is -0.0605. The fourth-order valence-corrected chi connectivity index (χ4v) is 2.93. The van der Waals surface area contributed by atoms with E-state index in [0.29, 0.717) is 24.5 Å². The van der Waals surface area contributed by atoms with Gasteiger partial charge in [-0.1, -0.05) is 18.2 Å². The number of benzene rings is 2. The van der Waals surface area contributed by atoms with Crippen LogP contribution in [-0.2, 0) is 4.74 Å². The second kappa shape index (κ2) is 9.15. The highest BCUT2D eigenvalue weighted by Crippen LogP contribution is 2.20. The number of aryl methyl sites for hydroxylation is 1. The minimum Gasteiger partial charge on any atom is -0.491 e. The third-order valence-corrected chi connectivity index (χ3v) is 4.44. The van der Waals surface area contributed by atoms with Gasteiger partial charge in [0.2, 0.25) is 0 Å². The summed E-state index contributed by atoms with van der Waals surface area (Å²) < 4.78 is 12.4. The summed E-state index contributed by atoms with van der Waals surface area (Å²) in [4.78, 5) is 12.5. The number of nitrogens with zero attached hydrogens (tertiary/aromatic N) is 2.